The summed E-state index contributed by atoms with van der Waals surface area (Å²) >= 11 is 0. The van der Waals surface area contributed by atoms with Crippen LogP contribution in [0.5, 0.6) is 5.75 Å². The number of rotatable bonds is 7. The van der Waals surface area contributed by atoms with Crippen LogP contribution in [0.1, 0.15) is 24.5 Å². The van der Waals surface area contributed by atoms with Crippen molar-refractivity contribution in [2.75, 3.05) is 18.1 Å². The Morgan fingerprint density at radius 3 is 2.79 bits per heavy atom. The van der Waals surface area contributed by atoms with Gasteiger partial charge in [-0.3, -0.25) is 9.69 Å². The van der Waals surface area contributed by atoms with Crippen molar-refractivity contribution in [1.29, 1.82) is 5.26 Å². The van der Waals surface area contributed by atoms with Gasteiger partial charge in [-0.05, 0) is 42.0 Å². The van der Waals surface area contributed by atoms with Crippen LogP contribution in [-0.4, -0.2) is 31.3 Å². The molecule has 1 aliphatic heterocycles. The number of benzene rings is 2. The molecule has 7 heteroatoms. The first kappa shape index (κ1) is 19.2. The largest absolute Gasteiger partial charge is 0.489 e. The van der Waals surface area contributed by atoms with Crippen LogP contribution in [-0.2, 0) is 20.9 Å². The van der Waals surface area contributed by atoms with Gasteiger partial charge in [0.1, 0.15) is 19.0 Å². The van der Waals surface area contributed by atoms with Gasteiger partial charge < -0.3 is 14.2 Å². The predicted molar refractivity (Wildman–Crippen MR) is 101 cm³/mol. The Morgan fingerprint density at radius 1 is 1.29 bits per heavy atom. The molecule has 144 valence electrons. The van der Waals surface area contributed by atoms with Gasteiger partial charge in [-0.15, -0.1) is 0 Å². The van der Waals surface area contributed by atoms with Gasteiger partial charge in [0, 0.05) is 12.1 Å². The molecule has 1 heterocycles. The van der Waals surface area contributed by atoms with Crippen LogP contribution in [0.3, 0.4) is 0 Å². The van der Waals surface area contributed by atoms with Crippen LogP contribution in [0, 0.1) is 11.3 Å². The monoisotopic (exact) mass is 380 g/mol. The molecule has 2 aromatic rings. The van der Waals surface area contributed by atoms with Crippen molar-refractivity contribution in [2.24, 2.45) is 0 Å². The fourth-order valence-corrected chi connectivity index (χ4v) is 2.73. The number of carbonyl (C=O) groups is 2. The molecule has 7 nitrogen and oxygen atoms in total. The van der Waals surface area contributed by atoms with Crippen LogP contribution in [0.15, 0.2) is 48.5 Å². The van der Waals surface area contributed by atoms with Gasteiger partial charge in [0.25, 0.3) is 0 Å². The first-order valence-electron chi connectivity index (χ1n) is 8.94. The zero-order chi connectivity index (χ0) is 19.9. The van der Waals surface area contributed by atoms with Gasteiger partial charge in [-0.2, -0.15) is 5.26 Å². The van der Waals surface area contributed by atoms with Crippen LogP contribution in [0.2, 0.25) is 0 Å². The quantitative estimate of drug-likeness (QED) is 0.684. The van der Waals surface area contributed by atoms with Gasteiger partial charge >= 0.3 is 12.1 Å². The number of anilines is 1. The number of nitrogens with zero attached hydrogens (tertiary/aromatic N) is 2. The normalized spacial score (nSPS) is 15.6. The van der Waals surface area contributed by atoms with Gasteiger partial charge in [0.15, 0.2) is 6.10 Å². The zero-order valence-corrected chi connectivity index (χ0v) is 15.5. The summed E-state index contributed by atoms with van der Waals surface area (Å²) in [6.07, 6.45) is -0.669. The average molecular weight is 380 g/mol. The number of hydrogen-bond donors (Lipinski definition) is 0. The number of hydrogen-bond acceptors (Lipinski definition) is 6. The maximum Gasteiger partial charge on any atom is 0.414 e. The first-order chi connectivity index (χ1) is 13.6. The Labute approximate surface area is 163 Å². The molecule has 1 atom stereocenters. The van der Waals surface area contributed by atoms with E-state index in [4.69, 9.17) is 19.5 Å². The van der Waals surface area contributed by atoms with E-state index in [0.29, 0.717) is 30.2 Å². The number of amides is 1. The van der Waals surface area contributed by atoms with E-state index < -0.39 is 12.2 Å². The van der Waals surface area contributed by atoms with E-state index in [9.17, 15) is 9.59 Å². The van der Waals surface area contributed by atoms with E-state index in [1.54, 1.807) is 43.3 Å². The molecule has 0 aliphatic carbocycles. The highest BCUT2D eigenvalue weighted by atomic mass is 16.6. The first-order valence-corrected chi connectivity index (χ1v) is 8.94. The van der Waals surface area contributed by atoms with E-state index in [-0.39, 0.29) is 19.0 Å². The summed E-state index contributed by atoms with van der Waals surface area (Å²) in [5.74, 6) is 0.323. The molecule has 3 rings (SSSR count). The van der Waals surface area contributed by atoms with Crippen molar-refractivity contribution >= 4 is 17.7 Å². The van der Waals surface area contributed by atoms with E-state index in [1.165, 1.54) is 4.90 Å². The average Bonchev–Trinajstić information content (AvgIpc) is 3.11. The third-order valence-corrected chi connectivity index (χ3v) is 4.20. The van der Waals surface area contributed by atoms with Crippen LogP contribution >= 0.6 is 0 Å². The Morgan fingerprint density at radius 2 is 2.07 bits per heavy atom. The maximum atomic E-state index is 12.1. The van der Waals surface area contributed by atoms with Gasteiger partial charge in [-0.1, -0.05) is 19.1 Å². The summed E-state index contributed by atoms with van der Waals surface area (Å²) in [4.78, 5) is 24.8. The van der Waals surface area contributed by atoms with E-state index in [2.05, 4.69) is 6.07 Å². The Kier molecular flexibility index (Phi) is 6.12. The lowest BCUT2D eigenvalue weighted by Gasteiger charge is -2.14. The van der Waals surface area contributed by atoms with E-state index >= 15 is 0 Å². The summed E-state index contributed by atoms with van der Waals surface area (Å²) in [7, 11) is 0. The highest BCUT2D eigenvalue weighted by Crippen LogP contribution is 2.25. The van der Waals surface area contributed by atoms with Crippen molar-refractivity contribution in [1.82, 2.24) is 0 Å². The third kappa shape index (κ3) is 4.80. The molecule has 0 N–H and O–H groups in total. The number of esters is 1. The SMILES string of the molecule is CCC(=O)OCC1CN(c2ccc(OCc3cccc(C#N)c3)cc2)C(=O)O1. The Balaban J connectivity index is 1.56. The molecule has 1 amide bonds. The minimum atomic E-state index is -0.480. The lowest BCUT2D eigenvalue weighted by molar-refractivity contribution is -0.145. The molecule has 0 aromatic heterocycles. The second kappa shape index (κ2) is 8.91. The zero-order valence-electron chi connectivity index (χ0n) is 15.5. The highest BCUT2D eigenvalue weighted by Gasteiger charge is 2.33. The minimum Gasteiger partial charge on any atom is -0.489 e. The molecule has 1 aliphatic rings. The fourth-order valence-electron chi connectivity index (χ4n) is 2.73. The predicted octanol–water partition coefficient (Wildman–Crippen LogP) is 3.42. The molecule has 1 saturated heterocycles. The van der Waals surface area contributed by atoms with Crippen LogP contribution in [0.4, 0.5) is 10.5 Å². The smallest absolute Gasteiger partial charge is 0.414 e. The highest BCUT2D eigenvalue weighted by molar-refractivity contribution is 5.89. The molecule has 1 unspecified atom stereocenters. The Hall–Kier alpha value is -3.53. The molecule has 28 heavy (non-hydrogen) atoms. The summed E-state index contributed by atoms with van der Waals surface area (Å²) in [5, 5.41) is 8.94. The molecular formula is C21H20N2O5. The maximum absolute atomic E-state index is 12.1. The summed E-state index contributed by atoms with van der Waals surface area (Å²) in [6.45, 7) is 2.42. The van der Waals surface area contributed by atoms with Crippen LogP contribution < -0.4 is 9.64 Å². The topological polar surface area (TPSA) is 88.9 Å². The van der Waals surface area contributed by atoms with Crippen LogP contribution in [0.25, 0.3) is 0 Å². The standard InChI is InChI=1S/C21H20N2O5/c1-2-20(24)27-14-19-12-23(21(25)28-19)17-6-8-18(9-7-17)26-13-16-5-3-4-15(10-16)11-22/h3-10,19H,2,12-14H2,1H3. The lowest BCUT2D eigenvalue weighted by atomic mass is 10.1. The molecule has 2 aromatic carbocycles. The molecule has 0 spiro atoms. The van der Waals surface area contributed by atoms with Crippen molar-refractivity contribution in [3.05, 3.63) is 59.7 Å². The summed E-state index contributed by atoms with van der Waals surface area (Å²) < 4.78 is 16.0. The van der Waals surface area contributed by atoms with Crippen molar-refractivity contribution in [3.63, 3.8) is 0 Å². The Bertz CT molecular complexity index is 888. The van der Waals surface area contributed by atoms with Crippen molar-refractivity contribution in [2.45, 2.75) is 26.1 Å². The minimum absolute atomic E-state index is 0.0534. The van der Waals surface area contributed by atoms with Gasteiger partial charge in [0.05, 0.1) is 18.2 Å². The summed E-state index contributed by atoms with van der Waals surface area (Å²) in [5.41, 5.74) is 2.16. The number of carbonyl (C=O) groups excluding carboxylic acids is 2. The second-order valence-corrected chi connectivity index (χ2v) is 6.25. The van der Waals surface area contributed by atoms with E-state index in [1.807, 2.05) is 12.1 Å². The lowest BCUT2D eigenvalue weighted by Crippen LogP contribution is -2.26. The molecular weight excluding hydrogens is 360 g/mol. The van der Waals surface area contributed by atoms with Crippen molar-refractivity contribution < 1.29 is 23.8 Å². The number of cyclic esters (lactones) is 1. The van der Waals surface area contributed by atoms with Gasteiger partial charge in [0.2, 0.25) is 0 Å². The van der Waals surface area contributed by atoms with Crippen molar-refractivity contribution in [3.8, 4) is 11.8 Å². The molecule has 1 fully saturated rings. The second-order valence-electron chi connectivity index (χ2n) is 6.25. The molecule has 0 radical (unpaired) electrons. The number of ether oxygens (including phenoxy) is 3. The molecule has 0 bridgehead atoms. The van der Waals surface area contributed by atoms with Gasteiger partial charge in [-0.25, -0.2) is 4.79 Å². The fraction of sp³-hybridized carbons (Fsp3) is 0.286. The van der Waals surface area contributed by atoms with E-state index in [0.717, 1.165) is 5.56 Å². The number of nitriles is 1. The summed E-state index contributed by atoms with van der Waals surface area (Å²) in [6, 6.07) is 16.4. The third-order valence-electron chi connectivity index (χ3n) is 4.20. The molecule has 0 saturated carbocycles.